The predicted octanol–water partition coefficient (Wildman–Crippen LogP) is 4.15. The van der Waals surface area contributed by atoms with E-state index in [1.165, 1.54) is 21.7 Å². The Morgan fingerprint density at radius 2 is 1.89 bits per heavy atom. The molecule has 4 rings (SSSR count). The molecule has 0 N–H and O–H groups in total. The Hall–Kier alpha value is -4.18. The average Bonchev–Trinajstić information content (AvgIpc) is 3.24. The summed E-state index contributed by atoms with van der Waals surface area (Å²) in [7, 11) is -0.766. The number of pyridine rings is 1. The van der Waals surface area contributed by atoms with E-state index in [0.29, 0.717) is 18.1 Å². The molecule has 0 aliphatic heterocycles. The first-order valence-corrected chi connectivity index (χ1v) is 12.5. The van der Waals surface area contributed by atoms with Gasteiger partial charge in [-0.3, -0.25) is 4.98 Å². The first-order chi connectivity index (χ1) is 17.2. The van der Waals surface area contributed by atoms with Gasteiger partial charge in [-0.05, 0) is 55.0 Å². The Balaban J connectivity index is 1.74. The predicted molar refractivity (Wildman–Crippen MR) is 138 cm³/mol. The van der Waals surface area contributed by atoms with Gasteiger partial charge in [0.25, 0.3) is 10.0 Å². The topological polar surface area (TPSA) is 93.3 Å². The monoisotopic (exact) mass is 504 g/mol. The van der Waals surface area contributed by atoms with Crippen LogP contribution in [0.25, 0.3) is 17.8 Å². The van der Waals surface area contributed by atoms with Crippen molar-refractivity contribution in [3.8, 4) is 5.69 Å². The normalized spacial score (nSPS) is 12.0. The van der Waals surface area contributed by atoms with Gasteiger partial charge in [-0.1, -0.05) is 35.9 Å². The van der Waals surface area contributed by atoms with Crippen LogP contribution < -0.4 is 0 Å². The number of hydrogen-bond acceptors (Lipinski definition) is 5. The SMILES string of the molecule is Cc1cccc(Cc2nc(/C=C/c3ccccn3)nn2-c2ccc(S(=O)(=O)/N=C/N(C)C)cc2F)c1. The van der Waals surface area contributed by atoms with Gasteiger partial charge in [0.1, 0.15) is 23.7 Å². The van der Waals surface area contributed by atoms with Crippen molar-refractivity contribution in [1.82, 2.24) is 24.6 Å². The van der Waals surface area contributed by atoms with E-state index in [9.17, 15) is 8.42 Å². The van der Waals surface area contributed by atoms with E-state index in [2.05, 4.69) is 19.5 Å². The van der Waals surface area contributed by atoms with Crippen molar-refractivity contribution < 1.29 is 12.8 Å². The molecule has 0 aliphatic rings. The van der Waals surface area contributed by atoms with E-state index in [1.807, 2.05) is 49.4 Å². The van der Waals surface area contributed by atoms with Crippen LogP contribution in [0, 0.1) is 12.7 Å². The highest BCUT2D eigenvalue weighted by Gasteiger charge is 2.19. The lowest BCUT2D eigenvalue weighted by atomic mass is 10.1. The molecule has 10 heteroatoms. The lowest BCUT2D eigenvalue weighted by molar-refractivity contribution is 0.585. The van der Waals surface area contributed by atoms with Gasteiger partial charge in [0, 0.05) is 26.7 Å². The minimum absolute atomic E-state index is 0.0816. The van der Waals surface area contributed by atoms with Crippen LogP contribution in [-0.4, -0.2) is 53.5 Å². The van der Waals surface area contributed by atoms with Gasteiger partial charge in [-0.25, -0.2) is 14.1 Å². The van der Waals surface area contributed by atoms with Crippen molar-refractivity contribution in [1.29, 1.82) is 0 Å². The maximum absolute atomic E-state index is 15.3. The zero-order valence-electron chi connectivity index (χ0n) is 20.1. The molecule has 184 valence electrons. The number of sulfonamides is 1. The molecule has 0 spiro atoms. The van der Waals surface area contributed by atoms with Gasteiger partial charge in [0.05, 0.1) is 10.6 Å². The fourth-order valence-electron chi connectivity index (χ4n) is 3.42. The molecule has 0 radical (unpaired) electrons. The maximum Gasteiger partial charge on any atom is 0.283 e. The number of halogens is 1. The Morgan fingerprint density at radius 1 is 1.06 bits per heavy atom. The summed E-state index contributed by atoms with van der Waals surface area (Å²) < 4.78 is 45.1. The third-order valence-electron chi connectivity index (χ3n) is 5.09. The third kappa shape index (κ3) is 6.08. The molecule has 0 aliphatic carbocycles. The number of benzene rings is 2. The Labute approximate surface area is 209 Å². The summed E-state index contributed by atoms with van der Waals surface area (Å²) in [6.07, 6.45) is 6.70. The van der Waals surface area contributed by atoms with Gasteiger partial charge >= 0.3 is 0 Å². The molecular formula is C26H25FN6O2S. The highest BCUT2D eigenvalue weighted by Crippen LogP contribution is 2.22. The van der Waals surface area contributed by atoms with Gasteiger partial charge in [0.2, 0.25) is 0 Å². The number of hydrogen-bond donors (Lipinski definition) is 0. The van der Waals surface area contributed by atoms with Crippen LogP contribution in [0.5, 0.6) is 0 Å². The zero-order valence-corrected chi connectivity index (χ0v) is 20.9. The smallest absolute Gasteiger partial charge is 0.283 e. The minimum atomic E-state index is -4.05. The van der Waals surface area contributed by atoms with Crippen LogP contribution in [0.1, 0.15) is 28.5 Å². The molecule has 0 amide bonds. The fourth-order valence-corrected chi connectivity index (χ4v) is 4.34. The van der Waals surface area contributed by atoms with E-state index < -0.39 is 15.8 Å². The molecule has 4 aromatic rings. The summed E-state index contributed by atoms with van der Waals surface area (Å²) in [6.45, 7) is 1.99. The highest BCUT2D eigenvalue weighted by atomic mass is 32.2. The standard InChI is InChI=1S/C26H25FN6O2S/c1-19-7-6-8-20(15-19)16-26-30-25(13-10-21-9-4-5-14-28-21)31-33(26)24-12-11-22(17-23(24)27)36(34,35)29-18-32(2)3/h4-15,17-18H,16H2,1-3H3/b13-10+,29-18+. The lowest BCUT2D eigenvalue weighted by Gasteiger charge is -2.09. The number of nitrogens with zero attached hydrogens (tertiary/aromatic N) is 6. The van der Waals surface area contributed by atoms with E-state index in [-0.39, 0.29) is 10.6 Å². The molecule has 2 aromatic heterocycles. The second kappa shape index (κ2) is 10.6. The van der Waals surface area contributed by atoms with Crippen LogP contribution in [0.4, 0.5) is 4.39 Å². The summed E-state index contributed by atoms with van der Waals surface area (Å²) >= 11 is 0. The molecule has 2 aromatic carbocycles. The first kappa shape index (κ1) is 24.9. The first-order valence-electron chi connectivity index (χ1n) is 11.1. The molecule has 0 atom stereocenters. The lowest BCUT2D eigenvalue weighted by Crippen LogP contribution is -2.11. The van der Waals surface area contributed by atoms with Gasteiger partial charge in [-0.2, -0.15) is 8.42 Å². The van der Waals surface area contributed by atoms with Crippen LogP contribution in [0.15, 0.2) is 76.2 Å². The van der Waals surface area contributed by atoms with Crippen LogP contribution in [-0.2, 0) is 16.4 Å². The molecule has 0 unspecified atom stereocenters. The van der Waals surface area contributed by atoms with Crippen molar-refractivity contribution in [3.63, 3.8) is 0 Å². The second-order valence-electron chi connectivity index (χ2n) is 8.32. The van der Waals surface area contributed by atoms with Crippen LogP contribution >= 0.6 is 0 Å². The second-order valence-corrected chi connectivity index (χ2v) is 9.96. The Bertz CT molecular complexity index is 1530. The molecule has 0 fully saturated rings. The van der Waals surface area contributed by atoms with E-state index >= 15 is 4.39 Å². The summed E-state index contributed by atoms with van der Waals surface area (Å²) in [5, 5.41) is 4.49. The molecule has 0 bridgehead atoms. The largest absolute Gasteiger partial charge is 0.368 e. The van der Waals surface area contributed by atoms with E-state index in [0.717, 1.165) is 29.2 Å². The quantitative estimate of drug-likeness (QED) is 0.264. The fraction of sp³-hybridized carbons (Fsp3) is 0.154. The average molecular weight is 505 g/mol. The van der Waals surface area contributed by atoms with Crippen molar-refractivity contribution in [2.75, 3.05) is 14.1 Å². The molecule has 0 saturated heterocycles. The summed E-state index contributed by atoms with van der Waals surface area (Å²) in [4.78, 5) is 10.1. The van der Waals surface area contributed by atoms with Gasteiger partial charge in [0.15, 0.2) is 5.82 Å². The molecule has 8 nitrogen and oxygen atoms in total. The van der Waals surface area contributed by atoms with Crippen molar-refractivity contribution >= 4 is 28.5 Å². The summed E-state index contributed by atoms with van der Waals surface area (Å²) in [6, 6.07) is 17.1. The number of rotatable bonds is 8. The zero-order chi connectivity index (χ0) is 25.7. The Morgan fingerprint density at radius 3 is 2.58 bits per heavy atom. The van der Waals surface area contributed by atoms with Crippen molar-refractivity contribution in [3.05, 3.63) is 101 Å². The Kier molecular flexibility index (Phi) is 7.35. The van der Waals surface area contributed by atoms with Gasteiger partial charge in [-0.15, -0.1) is 9.50 Å². The van der Waals surface area contributed by atoms with Crippen LogP contribution in [0.3, 0.4) is 0 Å². The number of aromatic nitrogens is 4. The highest BCUT2D eigenvalue weighted by molar-refractivity contribution is 7.90. The summed E-state index contributed by atoms with van der Waals surface area (Å²) in [5.41, 5.74) is 2.89. The van der Waals surface area contributed by atoms with Crippen molar-refractivity contribution in [2.45, 2.75) is 18.2 Å². The van der Waals surface area contributed by atoms with Gasteiger partial charge < -0.3 is 4.90 Å². The minimum Gasteiger partial charge on any atom is -0.368 e. The van der Waals surface area contributed by atoms with Crippen molar-refractivity contribution in [2.24, 2.45) is 4.40 Å². The van der Waals surface area contributed by atoms with Crippen LogP contribution in [0.2, 0.25) is 0 Å². The van der Waals surface area contributed by atoms with E-state index in [1.54, 1.807) is 32.4 Å². The maximum atomic E-state index is 15.3. The molecule has 2 heterocycles. The number of aryl methyl sites for hydroxylation is 1. The molecule has 36 heavy (non-hydrogen) atoms. The molecule has 0 saturated carbocycles. The summed E-state index contributed by atoms with van der Waals surface area (Å²) in [5.74, 6) is 0.114. The van der Waals surface area contributed by atoms with E-state index in [4.69, 9.17) is 0 Å². The molecular weight excluding hydrogens is 479 g/mol. The third-order valence-corrected chi connectivity index (χ3v) is 6.31.